The summed E-state index contributed by atoms with van der Waals surface area (Å²) >= 11 is 1.45. The molecule has 0 spiro atoms. The predicted octanol–water partition coefficient (Wildman–Crippen LogP) is 1.71. The number of carboxylic acids is 1. The molecule has 5 heteroatoms. The van der Waals surface area contributed by atoms with Crippen molar-refractivity contribution in [2.24, 2.45) is 11.1 Å². The Bertz CT molecular complexity index is 385. The number of carboxylic acid groups (broad SMARTS) is 1. The molecule has 0 radical (unpaired) electrons. The van der Waals surface area contributed by atoms with Crippen LogP contribution in [0.15, 0.2) is 5.38 Å². The maximum Gasteiger partial charge on any atom is 0.311 e. The van der Waals surface area contributed by atoms with Gasteiger partial charge in [-0.3, -0.25) is 4.79 Å². The Hall–Kier alpha value is -0.940. The second kappa shape index (κ2) is 3.57. The zero-order chi connectivity index (χ0) is 11.1. The highest BCUT2D eigenvalue weighted by molar-refractivity contribution is 7.09. The van der Waals surface area contributed by atoms with Crippen LogP contribution in [0.4, 0.5) is 0 Å². The van der Waals surface area contributed by atoms with E-state index in [0.717, 1.165) is 17.1 Å². The first-order valence-electron chi connectivity index (χ1n) is 4.97. The quantitative estimate of drug-likeness (QED) is 0.822. The van der Waals surface area contributed by atoms with Crippen LogP contribution in [0.1, 0.15) is 36.0 Å². The SMILES string of the molecule is Cc1csc(C(N)C2(C(=O)O)CCC2)n1. The Labute approximate surface area is 92.1 Å². The highest BCUT2D eigenvalue weighted by atomic mass is 32.1. The van der Waals surface area contributed by atoms with Gasteiger partial charge in [-0.1, -0.05) is 6.42 Å². The van der Waals surface area contributed by atoms with E-state index in [4.69, 9.17) is 5.73 Å². The van der Waals surface area contributed by atoms with Crippen molar-refractivity contribution in [3.63, 3.8) is 0 Å². The molecule has 1 atom stereocenters. The third kappa shape index (κ3) is 1.55. The van der Waals surface area contributed by atoms with Crippen molar-refractivity contribution in [2.75, 3.05) is 0 Å². The minimum absolute atomic E-state index is 0.456. The number of rotatable bonds is 3. The molecule has 0 amide bonds. The van der Waals surface area contributed by atoms with Crippen molar-refractivity contribution in [3.8, 4) is 0 Å². The van der Waals surface area contributed by atoms with Gasteiger partial charge in [-0.15, -0.1) is 11.3 Å². The Kier molecular flexibility index (Phi) is 2.52. The molecule has 1 saturated carbocycles. The van der Waals surface area contributed by atoms with Crippen LogP contribution in [0.25, 0.3) is 0 Å². The molecular weight excluding hydrogens is 212 g/mol. The highest BCUT2D eigenvalue weighted by Gasteiger charge is 2.50. The Balaban J connectivity index is 2.26. The molecule has 15 heavy (non-hydrogen) atoms. The summed E-state index contributed by atoms with van der Waals surface area (Å²) in [7, 11) is 0. The van der Waals surface area contributed by atoms with Gasteiger partial charge in [0.15, 0.2) is 0 Å². The molecule has 3 N–H and O–H groups in total. The fraction of sp³-hybridized carbons (Fsp3) is 0.600. The Morgan fingerprint density at radius 1 is 1.73 bits per heavy atom. The summed E-state index contributed by atoms with van der Waals surface area (Å²) in [6.07, 6.45) is 2.29. The molecule has 0 saturated heterocycles. The van der Waals surface area contributed by atoms with Gasteiger partial charge in [-0.25, -0.2) is 4.98 Å². The first-order valence-corrected chi connectivity index (χ1v) is 5.85. The fourth-order valence-corrected chi connectivity index (χ4v) is 2.88. The van der Waals surface area contributed by atoms with Crippen LogP contribution in [-0.2, 0) is 4.79 Å². The van der Waals surface area contributed by atoms with E-state index in [-0.39, 0.29) is 0 Å². The number of thiazole rings is 1. The lowest BCUT2D eigenvalue weighted by Gasteiger charge is -2.41. The minimum Gasteiger partial charge on any atom is -0.481 e. The van der Waals surface area contributed by atoms with E-state index in [2.05, 4.69) is 4.98 Å². The molecule has 0 aromatic carbocycles. The summed E-state index contributed by atoms with van der Waals surface area (Å²) in [6, 6.07) is -0.456. The molecule has 1 heterocycles. The molecule has 1 aromatic rings. The summed E-state index contributed by atoms with van der Waals surface area (Å²) in [4.78, 5) is 15.5. The van der Waals surface area contributed by atoms with Crippen LogP contribution >= 0.6 is 11.3 Å². The molecule has 1 unspecified atom stereocenters. The number of nitrogens with two attached hydrogens (primary N) is 1. The zero-order valence-electron chi connectivity index (χ0n) is 8.56. The van der Waals surface area contributed by atoms with Crippen molar-refractivity contribution in [1.29, 1.82) is 0 Å². The van der Waals surface area contributed by atoms with E-state index in [1.165, 1.54) is 11.3 Å². The van der Waals surface area contributed by atoms with Crippen molar-refractivity contribution in [1.82, 2.24) is 4.98 Å². The van der Waals surface area contributed by atoms with Crippen molar-refractivity contribution in [2.45, 2.75) is 32.2 Å². The van der Waals surface area contributed by atoms with Crippen LogP contribution in [0, 0.1) is 12.3 Å². The summed E-state index contributed by atoms with van der Waals surface area (Å²) in [6.45, 7) is 1.89. The monoisotopic (exact) mass is 226 g/mol. The summed E-state index contributed by atoms with van der Waals surface area (Å²) in [5.41, 5.74) is 6.16. The van der Waals surface area contributed by atoms with Gasteiger partial charge in [0.2, 0.25) is 0 Å². The molecule has 82 valence electrons. The maximum atomic E-state index is 11.2. The number of hydrogen-bond acceptors (Lipinski definition) is 4. The van der Waals surface area contributed by atoms with Gasteiger partial charge in [0.25, 0.3) is 0 Å². The number of aliphatic carboxylic acids is 1. The summed E-state index contributed by atoms with van der Waals surface area (Å²) < 4.78 is 0. The number of aromatic nitrogens is 1. The highest BCUT2D eigenvalue weighted by Crippen LogP contribution is 2.49. The molecule has 4 nitrogen and oxygen atoms in total. The Morgan fingerprint density at radius 3 is 2.73 bits per heavy atom. The van der Waals surface area contributed by atoms with Crippen molar-refractivity contribution < 1.29 is 9.90 Å². The fourth-order valence-electron chi connectivity index (χ4n) is 1.97. The van der Waals surface area contributed by atoms with Crippen LogP contribution in [0.5, 0.6) is 0 Å². The molecule has 0 aliphatic heterocycles. The van der Waals surface area contributed by atoms with E-state index in [1.807, 2.05) is 12.3 Å². The lowest BCUT2D eigenvalue weighted by Crippen LogP contribution is -2.46. The van der Waals surface area contributed by atoms with Crippen LogP contribution in [-0.4, -0.2) is 16.1 Å². The van der Waals surface area contributed by atoms with E-state index in [0.29, 0.717) is 12.8 Å². The molecule has 0 bridgehead atoms. The second-order valence-electron chi connectivity index (χ2n) is 4.12. The molecular formula is C10H14N2O2S. The molecule has 1 aliphatic carbocycles. The van der Waals surface area contributed by atoms with Gasteiger partial charge in [0.05, 0.1) is 11.5 Å². The molecule has 1 aliphatic rings. The van der Waals surface area contributed by atoms with Crippen molar-refractivity contribution in [3.05, 3.63) is 16.1 Å². The van der Waals surface area contributed by atoms with E-state index >= 15 is 0 Å². The van der Waals surface area contributed by atoms with Gasteiger partial charge >= 0.3 is 5.97 Å². The average molecular weight is 226 g/mol. The van der Waals surface area contributed by atoms with Gasteiger partial charge in [0, 0.05) is 11.1 Å². The largest absolute Gasteiger partial charge is 0.481 e. The standard InChI is InChI=1S/C10H14N2O2S/c1-6-5-15-8(12-6)7(11)10(9(13)14)3-2-4-10/h5,7H,2-4,11H2,1H3,(H,13,14). The van der Waals surface area contributed by atoms with Crippen molar-refractivity contribution >= 4 is 17.3 Å². The molecule has 2 rings (SSSR count). The first-order chi connectivity index (χ1) is 7.06. The lowest BCUT2D eigenvalue weighted by atomic mass is 9.64. The van der Waals surface area contributed by atoms with Gasteiger partial charge in [0.1, 0.15) is 5.01 Å². The number of hydrogen-bond donors (Lipinski definition) is 2. The second-order valence-corrected chi connectivity index (χ2v) is 5.01. The lowest BCUT2D eigenvalue weighted by molar-refractivity contribution is -0.156. The van der Waals surface area contributed by atoms with Gasteiger partial charge < -0.3 is 10.8 Å². The number of nitrogens with zero attached hydrogens (tertiary/aromatic N) is 1. The van der Waals surface area contributed by atoms with E-state index in [1.54, 1.807) is 0 Å². The average Bonchev–Trinajstić information content (AvgIpc) is 2.48. The van der Waals surface area contributed by atoms with E-state index < -0.39 is 17.4 Å². The van der Waals surface area contributed by atoms with Gasteiger partial charge in [-0.2, -0.15) is 0 Å². The summed E-state index contributed by atoms with van der Waals surface area (Å²) in [5.74, 6) is -0.783. The molecule has 1 aromatic heterocycles. The smallest absolute Gasteiger partial charge is 0.311 e. The maximum absolute atomic E-state index is 11.2. The van der Waals surface area contributed by atoms with Crippen LogP contribution in [0.2, 0.25) is 0 Å². The zero-order valence-corrected chi connectivity index (χ0v) is 9.38. The van der Waals surface area contributed by atoms with Gasteiger partial charge in [-0.05, 0) is 19.8 Å². The topological polar surface area (TPSA) is 76.2 Å². The van der Waals surface area contributed by atoms with Crippen LogP contribution < -0.4 is 5.73 Å². The summed E-state index contributed by atoms with van der Waals surface area (Å²) in [5, 5.41) is 11.9. The normalized spacial score (nSPS) is 20.7. The number of aryl methyl sites for hydroxylation is 1. The number of carbonyl (C=O) groups is 1. The Morgan fingerprint density at radius 2 is 2.40 bits per heavy atom. The first kappa shape index (κ1) is 10.6. The van der Waals surface area contributed by atoms with E-state index in [9.17, 15) is 9.90 Å². The third-order valence-corrected chi connectivity index (χ3v) is 4.22. The minimum atomic E-state index is -0.783. The van der Waals surface area contributed by atoms with Crippen LogP contribution in [0.3, 0.4) is 0 Å². The third-order valence-electron chi connectivity index (χ3n) is 3.17. The molecule has 1 fully saturated rings. The predicted molar refractivity (Wildman–Crippen MR) is 57.7 cm³/mol.